The molecule has 4 heteroatoms. The maximum atomic E-state index is 14.0. The molecule has 4 nitrogen and oxygen atoms in total. The van der Waals surface area contributed by atoms with Crippen molar-refractivity contribution < 1.29 is 9.59 Å². The summed E-state index contributed by atoms with van der Waals surface area (Å²) in [6, 6.07) is 32.9. The fourth-order valence-electron chi connectivity index (χ4n) is 5.20. The van der Waals surface area contributed by atoms with Crippen molar-refractivity contribution in [2.75, 3.05) is 9.80 Å². The van der Waals surface area contributed by atoms with Gasteiger partial charge in [0.25, 0.3) is 11.8 Å². The molecule has 0 saturated carbocycles. The first kappa shape index (κ1) is 23.6. The van der Waals surface area contributed by atoms with Crippen LogP contribution in [0.1, 0.15) is 56.8 Å². The minimum absolute atomic E-state index is 0.0200. The van der Waals surface area contributed by atoms with E-state index in [0.29, 0.717) is 17.5 Å². The Morgan fingerprint density at radius 1 is 0.750 bits per heavy atom. The van der Waals surface area contributed by atoms with E-state index in [-0.39, 0.29) is 23.9 Å². The minimum atomic E-state index is -0.215. The summed E-state index contributed by atoms with van der Waals surface area (Å²) in [5.41, 5.74) is 6.09. The predicted octanol–water partition coefficient (Wildman–Crippen LogP) is 7.13. The van der Waals surface area contributed by atoms with E-state index in [1.807, 2.05) is 127 Å². The number of rotatable bonds is 4. The van der Waals surface area contributed by atoms with Crippen LogP contribution in [0.3, 0.4) is 0 Å². The summed E-state index contributed by atoms with van der Waals surface area (Å²) in [5.74, 6) is -0.0660. The van der Waals surface area contributed by atoms with Gasteiger partial charge >= 0.3 is 0 Å². The Morgan fingerprint density at radius 2 is 1.36 bits per heavy atom. The quantitative estimate of drug-likeness (QED) is 0.316. The van der Waals surface area contributed by atoms with Crippen LogP contribution in [0.2, 0.25) is 0 Å². The van der Waals surface area contributed by atoms with Crippen molar-refractivity contribution in [2.45, 2.75) is 39.3 Å². The molecule has 0 bridgehead atoms. The summed E-state index contributed by atoms with van der Waals surface area (Å²) in [6.45, 7) is 6.06. The van der Waals surface area contributed by atoms with Crippen LogP contribution in [-0.2, 0) is 0 Å². The number of nitrogens with zero attached hydrogens (tertiary/aromatic N) is 2. The zero-order valence-electron chi connectivity index (χ0n) is 20.9. The Balaban J connectivity index is 1.61. The van der Waals surface area contributed by atoms with Crippen molar-refractivity contribution in [3.8, 4) is 0 Å². The van der Waals surface area contributed by atoms with Crippen molar-refractivity contribution in [3.63, 3.8) is 0 Å². The second-order valence-electron chi connectivity index (χ2n) is 9.58. The van der Waals surface area contributed by atoms with Crippen LogP contribution in [-0.4, -0.2) is 17.9 Å². The number of hydrogen-bond acceptors (Lipinski definition) is 2. The lowest BCUT2D eigenvalue weighted by Crippen LogP contribution is -2.47. The molecule has 2 atom stereocenters. The number of para-hydroxylation sites is 2. The zero-order valence-corrected chi connectivity index (χ0v) is 20.9. The van der Waals surface area contributed by atoms with E-state index in [0.717, 1.165) is 28.1 Å². The molecule has 4 aromatic rings. The maximum absolute atomic E-state index is 14.0. The molecule has 1 aliphatic rings. The molecular weight excluding hydrogens is 444 g/mol. The first-order valence-electron chi connectivity index (χ1n) is 12.4. The molecule has 0 spiro atoms. The Labute approximate surface area is 212 Å². The average Bonchev–Trinajstić information content (AvgIpc) is 2.89. The van der Waals surface area contributed by atoms with Gasteiger partial charge in [0.2, 0.25) is 0 Å². The van der Waals surface area contributed by atoms with Crippen LogP contribution >= 0.6 is 0 Å². The Kier molecular flexibility index (Phi) is 6.43. The van der Waals surface area contributed by atoms with Crippen LogP contribution in [0.5, 0.6) is 0 Å². The Bertz CT molecular complexity index is 1410. The number of carbonyl (C=O) groups excluding carboxylic acids is 2. The lowest BCUT2D eigenvalue weighted by molar-refractivity contribution is 0.0965. The van der Waals surface area contributed by atoms with Crippen LogP contribution in [0.4, 0.5) is 11.4 Å². The standard InChI is InChI=1S/C32H30N2O2/c1-22-11-9-13-25(19-22)31(35)33-24(3)21-30(28-17-7-8-18-29(28)33)34(27-15-5-4-6-16-27)32(36)26-14-10-12-23(2)20-26/h4-20,24,30H,21H2,1-3H3/t24-,30-/m1/s1. The van der Waals surface area contributed by atoms with Crippen LogP contribution < -0.4 is 9.80 Å². The van der Waals surface area contributed by atoms with Gasteiger partial charge in [-0.15, -0.1) is 0 Å². The fourth-order valence-corrected chi connectivity index (χ4v) is 5.20. The predicted molar refractivity (Wildman–Crippen MR) is 146 cm³/mol. The summed E-state index contributed by atoms with van der Waals surface area (Å²) in [7, 11) is 0. The molecule has 1 heterocycles. The second-order valence-corrected chi connectivity index (χ2v) is 9.58. The van der Waals surface area contributed by atoms with Gasteiger partial charge in [-0.1, -0.05) is 71.8 Å². The number of fused-ring (bicyclic) bond motifs is 1. The molecule has 180 valence electrons. The Hall–Kier alpha value is -4.18. The molecule has 36 heavy (non-hydrogen) atoms. The SMILES string of the molecule is Cc1cccc(C(=O)N2c3ccccc3[C@H](N(C(=O)c3cccc(C)c3)c3ccccc3)C[C@H]2C)c1. The monoisotopic (exact) mass is 474 g/mol. The molecule has 2 amide bonds. The third-order valence-corrected chi connectivity index (χ3v) is 6.87. The van der Waals surface area contributed by atoms with Gasteiger partial charge in [-0.25, -0.2) is 0 Å². The van der Waals surface area contributed by atoms with Crippen molar-refractivity contribution in [3.05, 3.63) is 131 Å². The van der Waals surface area contributed by atoms with Crippen LogP contribution in [0.15, 0.2) is 103 Å². The van der Waals surface area contributed by atoms with Gasteiger partial charge < -0.3 is 9.80 Å². The number of aryl methyl sites for hydroxylation is 2. The van der Waals surface area contributed by atoms with Crippen LogP contribution in [0.25, 0.3) is 0 Å². The molecule has 5 rings (SSSR count). The van der Waals surface area contributed by atoms with Crippen molar-refractivity contribution in [1.29, 1.82) is 0 Å². The number of carbonyl (C=O) groups is 2. The highest BCUT2D eigenvalue weighted by Crippen LogP contribution is 2.43. The largest absolute Gasteiger partial charge is 0.305 e. The van der Waals surface area contributed by atoms with E-state index < -0.39 is 0 Å². The summed E-state index contributed by atoms with van der Waals surface area (Å²) in [5, 5.41) is 0. The lowest BCUT2D eigenvalue weighted by atomic mass is 9.89. The molecule has 4 aromatic carbocycles. The molecule has 0 N–H and O–H groups in total. The minimum Gasteiger partial charge on any atom is -0.305 e. The molecule has 1 aliphatic heterocycles. The maximum Gasteiger partial charge on any atom is 0.258 e. The number of amides is 2. The number of hydrogen-bond donors (Lipinski definition) is 0. The van der Waals surface area contributed by atoms with Crippen molar-refractivity contribution in [1.82, 2.24) is 0 Å². The molecule has 0 aliphatic carbocycles. The molecule has 0 saturated heterocycles. The van der Waals surface area contributed by atoms with Gasteiger partial charge in [0.05, 0.1) is 6.04 Å². The first-order valence-corrected chi connectivity index (χ1v) is 12.4. The summed E-state index contributed by atoms with van der Waals surface area (Å²) < 4.78 is 0. The normalized spacial score (nSPS) is 16.8. The van der Waals surface area contributed by atoms with E-state index in [9.17, 15) is 9.59 Å². The topological polar surface area (TPSA) is 40.6 Å². The third-order valence-electron chi connectivity index (χ3n) is 6.87. The van der Waals surface area contributed by atoms with E-state index in [1.54, 1.807) is 0 Å². The van der Waals surface area contributed by atoms with Gasteiger partial charge in [-0.2, -0.15) is 0 Å². The average molecular weight is 475 g/mol. The van der Waals surface area contributed by atoms with Gasteiger partial charge in [-0.05, 0) is 75.2 Å². The van der Waals surface area contributed by atoms with Gasteiger partial charge in [0.1, 0.15) is 0 Å². The van der Waals surface area contributed by atoms with E-state index in [4.69, 9.17) is 0 Å². The molecule has 0 fully saturated rings. The second kappa shape index (κ2) is 9.82. The molecule has 0 radical (unpaired) electrons. The van der Waals surface area contributed by atoms with Crippen molar-refractivity contribution >= 4 is 23.2 Å². The van der Waals surface area contributed by atoms with Gasteiger partial charge in [-0.3, -0.25) is 9.59 Å². The molecule has 0 unspecified atom stereocenters. The third kappa shape index (κ3) is 4.42. The van der Waals surface area contributed by atoms with E-state index in [1.165, 1.54) is 0 Å². The Morgan fingerprint density at radius 3 is 2.06 bits per heavy atom. The summed E-state index contributed by atoms with van der Waals surface area (Å²) in [4.78, 5) is 31.5. The highest BCUT2D eigenvalue weighted by molar-refractivity contribution is 6.09. The van der Waals surface area contributed by atoms with Gasteiger partial charge in [0, 0.05) is 28.5 Å². The lowest BCUT2D eigenvalue weighted by Gasteiger charge is -2.43. The van der Waals surface area contributed by atoms with E-state index in [2.05, 4.69) is 6.92 Å². The fraction of sp³-hybridized carbons (Fsp3) is 0.188. The molecular formula is C32H30N2O2. The highest BCUT2D eigenvalue weighted by atomic mass is 16.2. The van der Waals surface area contributed by atoms with E-state index >= 15 is 0 Å². The highest BCUT2D eigenvalue weighted by Gasteiger charge is 2.39. The summed E-state index contributed by atoms with van der Waals surface area (Å²) in [6.07, 6.45) is 0.626. The zero-order chi connectivity index (χ0) is 25.2. The van der Waals surface area contributed by atoms with Crippen molar-refractivity contribution in [2.24, 2.45) is 0 Å². The number of benzene rings is 4. The molecule has 0 aromatic heterocycles. The van der Waals surface area contributed by atoms with Crippen LogP contribution in [0, 0.1) is 13.8 Å². The van der Waals surface area contributed by atoms with Gasteiger partial charge in [0.15, 0.2) is 0 Å². The smallest absolute Gasteiger partial charge is 0.258 e. The summed E-state index contributed by atoms with van der Waals surface area (Å²) >= 11 is 0. The number of anilines is 2. The first-order chi connectivity index (χ1) is 17.4.